The first-order valence-electron chi connectivity index (χ1n) is 7.30. The Balaban J connectivity index is 1.65. The van der Waals surface area contributed by atoms with Gasteiger partial charge in [-0.2, -0.15) is 0 Å². The summed E-state index contributed by atoms with van der Waals surface area (Å²) in [6.07, 6.45) is 4.29. The molecule has 0 unspecified atom stereocenters. The lowest BCUT2D eigenvalue weighted by atomic mass is 10.1. The van der Waals surface area contributed by atoms with Crippen molar-refractivity contribution in [2.45, 2.75) is 32.0 Å². The number of aliphatic hydroxyl groups excluding tert-OH is 1. The van der Waals surface area contributed by atoms with Gasteiger partial charge in [0.1, 0.15) is 12.4 Å². The molecule has 3 nitrogen and oxygen atoms in total. The Morgan fingerprint density at radius 3 is 2.57 bits per heavy atom. The highest BCUT2D eigenvalue weighted by molar-refractivity contribution is 5.36. The summed E-state index contributed by atoms with van der Waals surface area (Å²) in [7, 11) is 0. The van der Waals surface area contributed by atoms with Gasteiger partial charge in [0.05, 0.1) is 12.8 Å². The van der Waals surface area contributed by atoms with E-state index in [9.17, 15) is 0 Å². The van der Waals surface area contributed by atoms with Crippen LogP contribution in [0.4, 0.5) is 0 Å². The van der Waals surface area contributed by atoms with Gasteiger partial charge < -0.3 is 9.52 Å². The standard InChI is InChI=1S/C18H19NO2/c20-11-1-3-15-5-7-16(8-6-15)13-19(17-9-10-17)14-18-4-2-12-21-18/h2,4-8,12,17,20H,9-11,13-14H2. The fraction of sp³-hybridized carbons (Fsp3) is 0.333. The van der Waals surface area contributed by atoms with Gasteiger partial charge in [0, 0.05) is 18.2 Å². The summed E-state index contributed by atoms with van der Waals surface area (Å²) in [6.45, 7) is 1.70. The highest BCUT2D eigenvalue weighted by atomic mass is 16.3. The molecule has 0 atom stereocenters. The minimum absolute atomic E-state index is 0.0969. The van der Waals surface area contributed by atoms with Crippen molar-refractivity contribution in [1.29, 1.82) is 0 Å². The SMILES string of the molecule is OCC#Cc1ccc(CN(Cc2ccco2)C2CC2)cc1. The smallest absolute Gasteiger partial charge is 0.117 e. The van der Waals surface area contributed by atoms with Crippen molar-refractivity contribution in [1.82, 2.24) is 4.90 Å². The molecule has 0 aliphatic heterocycles. The second-order valence-electron chi connectivity index (χ2n) is 5.37. The number of furan rings is 1. The molecular formula is C18H19NO2. The van der Waals surface area contributed by atoms with Crippen LogP contribution in [0.5, 0.6) is 0 Å². The average molecular weight is 281 g/mol. The zero-order chi connectivity index (χ0) is 14.5. The first kappa shape index (κ1) is 13.9. The average Bonchev–Trinajstić information content (AvgIpc) is 3.24. The zero-order valence-corrected chi connectivity index (χ0v) is 12.0. The summed E-state index contributed by atoms with van der Waals surface area (Å²) in [5, 5.41) is 8.70. The van der Waals surface area contributed by atoms with Crippen molar-refractivity contribution in [2.75, 3.05) is 6.61 Å². The van der Waals surface area contributed by atoms with E-state index in [4.69, 9.17) is 9.52 Å². The van der Waals surface area contributed by atoms with Crippen molar-refractivity contribution in [3.8, 4) is 11.8 Å². The third-order valence-electron chi connectivity index (χ3n) is 3.65. The van der Waals surface area contributed by atoms with Crippen LogP contribution in [0, 0.1) is 11.8 Å². The van der Waals surface area contributed by atoms with Gasteiger partial charge in [-0.1, -0.05) is 24.0 Å². The predicted octanol–water partition coefficient (Wildman–Crippen LogP) is 2.79. The van der Waals surface area contributed by atoms with Crippen LogP contribution in [0.3, 0.4) is 0 Å². The first-order valence-corrected chi connectivity index (χ1v) is 7.30. The third kappa shape index (κ3) is 3.98. The number of nitrogens with zero attached hydrogens (tertiary/aromatic N) is 1. The molecule has 0 saturated heterocycles. The Labute approximate surface area is 125 Å². The van der Waals surface area contributed by atoms with E-state index in [1.807, 2.05) is 24.3 Å². The van der Waals surface area contributed by atoms with Gasteiger partial charge in [-0.3, -0.25) is 4.90 Å². The van der Waals surface area contributed by atoms with Crippen LogP contribution in [0.25, 0.3) is 0 Å². The van der Waals surface area contributed by atoms with E-state index in [2.05, 4.69) is 28.9 Å². The van der Waals surface area contributed by atoms with Crippen molar-refractivity contribution in [3.63, 3.8) is 0 Å². The summed E-state index contributed by atoms with van der Waals surface area (Å²) in [5.41, 5.74) is 2.22. The molecule has 1 aliphatic rings. The Hall–Kier alpha value is -2.02. The molecule has 1 aliphatic carbocycles. The Bertz CT molecular complexity index is 615. The summed E-state index contributed by atoms with van der Waals surface area (Å²) in [4.78, 5) is 2.47. The van der Waals surface area contributed by atoms with Gasteiger partial charge in [-0.25, -0.2) is 0 Å². The third-order valence-corrected chi connectivity index (χ3v) is 3.65. The minimum atomic E-state index is -0.0969. The van der Waals surface area contributed by atoms with Gasteiger partial charge >= 0.3 is 0 Å². The molecular weight excluding hydrogens is 262 g/mol. The number of hydrogen-bond acceptors (Lipinski definition) is 3. The van der Waals surface area contributed by atoms with E-state index >= 15 is 0 Å². The van der Waals surface area contributed by atoms with E-state index in [1.54, 1.807) is 6.26 Å². The number of aliphatic hydroxyl groups is 1. The summed E-state index contributed by atoms with van der Waals surface area (Å²) < 4.78 is 5.46. The maximum absolute atomic E-state index is 8.70. The first-order chi connectivity index (χ1) is 10.3. The molecule has 0 radical (unpaired) electrons. The highest BCUT2D eigenvalue weighted by Crippen LogP contribution is 2.29. The predicted molar refractivity (Wildman–Crippen MR) is 81.4 cm³/mol. The molecule has 0 amide bonds. The molecule has 21 heavy (non-hydrogen) atoms. The molecule has 1 heterocycles. The number of hydrogen-bond donors (Lipinski definition) is 1. The lowest BCUT2D eigenvalue weighted by molar-refractivity contribution is 0.225. The van der Waals surface area contributed by atoms with E-state index in [1.165, 1.54) is 18.4 Å². The van der Waals surface area contributed by atoms with Gasteiger partial charge in [-0.15, -0.1) is 0 Å². The van der Waals surface area contributed by atoms with Crippen LogP contribution in [0.15, 0.2) is 47.1 Å². The van der Waals surface area contributed by atoms with E-state index in [0.717, 1.165) is 24.4 Å². The lowest BCUT2D eigenvalue weighted by Gasteiger charge is -2.20. The molecule has 1 saturated carbocycles. The molecule has 1 aromatic heterocycles. The van der Waals surface area contributed by atoms with Crippen LogP contribution in [-0.2, 0) is 13.1 Å². The summed E-state index contributed by atoms with van der Waals surface area (Å²) in [5.74, 6) is 6.60. The molecule has 1 aromatic carbocycles. The molecule has 108 valence electrons. The van der Waals surface area contributed by atoms with Crippen molar-refractivity contribution < 1.29 is 9.52 Å². The molecule has 1 N–H and O–H groups in total. The molecule has 2 aromatic rings. The van der Waals surface area contributed by atoms with Gasteiger partial charge in [0.2, 0.25) is 0 Å². The summed E-state index contributed by atoms with van der Waals surface area (Å²) >= 11 is 0. The van der Waals surface area contributed by atoms with Crippen LogP contribution >= 0.6 is 0 Å². The Morgan fingerprint density at radius 1 is 1.14 bits per heavy atom. The minimum Gasteiger partial charge on any atom is -0.468 e. The van der Waals surface area contributed by atoms with Crippen molar-refractivity contribution in [2.24, 2.45) is 0 Å². The van der Waals surface area contributed by atoms with Crippen LogP contribution in [0.1, 0.15) is 29.7 Å². The fourth-order valence-electron chi connectivity index (χ4n) is 2.43. The fourth-order valence-corrected chi connectivity index (χ4v) is 2.43. The number of rotatable bonds is 5. The van der Waals surface area contributed by atoms with Crippen molar-refractivity contribution in [3.05, 3.63) is 59.5 Å². The topological polar surface area (TPSA) is 36.6 Å². The lowest BCUT2D eigenvalue weighted by Crippen LogP contribution is -2.24. The monoisotopic (exact) mass is 281 g/mol. The molecule has 0 spiro atoms. The molecule has 3 rings (SSSR count). The van der Waals surface area contributed by atoms with Gasteiger partial charge in [0.15, 0.2) is 0 Å². The van der Waals surface area contributed by atoms with E-state index in [-0.39, 0.29) is 6.61 Å². The zero-order valence-electron chi connectivity index (χ0n) is 12.0. The highest BCUT2D eigenvalue weighted by Gasteiger charge is 2.29. The van der Waals surface area contributed by atoms with Crippen LogP contribution in [0.2, 0.25) is 0 Å². The van der Waals surface area contributed by atoms with Gasteiger partial charge in [-0.05, 0) is 42.7 Å². The Kier molecular flexibility index (Phi) is 4.40. The van der Waals surface area contributed by atoms with Crippen molar-refractivity contribution >= 4 is 0 Å². The summed E-state index contributed by atoms with van der Waals surface area (Å²) in [6, 6.07) is 12.9. The van der Waals surface area contributed by atoms with Gasteiger partial charge in [0.25, 0.3) is 0 Å². The second kappa shape index (κ2) is 6.62. The quantitative estimate of drug-likeness (QED) is 0.856. The second-order valence-corrected chi connectivity index (χ2v) is 5.37. The van der Waals surface area contributed by atoms with Crippen LogP contribution < -0.4 is 0 Å². The van der Waals surface area contributed by atoms with Crippen LogP contribution in [-0.4, -0.2) is 22.7 Å². The largest absolute Gasteiger partial charge is 0.468 e. The normalized spacial score (nSPS) is 14.0. The van der Waals surface area contributed by atoms with E-state index in [0.29, 0.717) is 6.04 Å². The van der Waals surface area contributed by atoms with E-state index < -0.39 is 0 Å². The molecule has 0 bridgehead atoms. The Morgan fingerprint density at radius 2 is 1.95 bits per heavy atom. The maximum atomic E-state index is 8.70. The maximum Gasteiger partial charge on any atom is 0.117 e. The number of benzene rings is 1. The molecule has 3 heteroatoms. The molecule has 1 fully saturated rings.